The van der Waals surface area contributed by atoms with E-state index in [0.29, 0.717) is 13.0 Å². The lowest BCUT2D eigenvalue weighted by Gasteiger charge is -2.14. The van der Waals surface area contributed by atoms with Crippen molar-refractivity contribution in [3.05, 3.63) is 54.4 Å². The van der Waals surface area contributed by atoms with Crippen molar-refractivity contribution in [3.8, 4) is 0 Å². The molecule has 0 saturated heterocycles. The summed E-state index contributed by atoms with van der Waals surface area (Å²) in [5.41, 5.74) is 1.13. The lowest BCUT2D eigenvalue weighted by atomic mass is 9.99. The average molecular weight is 244 g/mol. The van der Waals surface area contributed by atoms with Crippen molar-refractivity contribution in [2.45, 2.75) is 13.0 Å². The van der Waals surface area contributed by atoms with Gasteiger partial charge in [0.2, 0.25) is 0 Å². The van der Waals surface area contributed by atoms with Crippen molar-refractivity contribution in [3.63, 3.8) is 0 Å². The lowest BCUT2D eigenvalue weighted by Crippen LogP contribution is -2.24. The van der Waals surface area contributed by atoms with E-state index in [1.807, 2.05) is 42.6 Å². The highest BCUT2D eigenvalue weighted by Gasteiger charge is 2.20. The fourth-order valence-corrected chi connectivity index (χ4v) is 1.92. The third-order valence-electron chi connectivity index (χ3n) is 2.83. The number of benzene rings is 1. The molecule has 1 unspecified atom stereocenters. The standard InChI is InChI=1S/C14H16N2O2/c1-18-14(17)13(11-16-9-5-8-15-16)10-12-6-3-2-4-7-12/h2-9,13H,10-11H2,1H3. The molecule has 4 nitrogen and oxygen atoms in total. The molecule has 0 N–H and O–H groups in total. The Morgan fingerprint density at radius 2 is 2.11 bits per heavy atom. The second-order valence-electron chi connectivity index (χ2n) is 4.14. The summed E-state index contributed by atoms with van der Waals surface area (Å²) in [7, 11) is 1.42. The van der Waals surface area contributed by atoms with E-state index in [-0.39, 0.29) is 11.9 Å². The Hall–Kier alpha value is -2.10. The van der Waals surface area contributed by atoms with Gasteiger partial charge in [-0.05, 0) is 18.1 Å². The minimum absolute atomic E-state index is 0.200. The van der Waals surface area contributed by atoms with Crippen molar-refractivity contribution in [1.82, 2.24) is 9.78 Å². The summed E-state index contributed by atoms with van der Waals surface area (Å²) in [6, 6.07) is 11.8. The highest BCUT2D eigenvalue weighted by Crippen LogP contribution is 2.12. The number of aromatic nitrogens is 2. The normalized spacial score (nSPS) is 12.1. The highest BCUT2D eigenvalue weighted by atomic mass is 16.5. The SMILES string of the molecule is COC(=O)C(Cc1ccccc1)Cn1cccn1. The van der Waals surface area contributed by atoms with Crippen LogP contribution in [0.1, 0.15) is 5.56 Å². The topological polar surface area (TPSA) is 44.1 Å². The fourth-order valence-electron chi connectivity index (χ4n) is 1.92. The molecular weight excluding hydrogens is 228 g/mol. The number of rotatable bonds is 5. The lowest BCUT2D eigenvalue weighted by molar-refractivity contribution is -0.146. The van der Waals surface area contributed by atoms with Gasteiger partial charge in [-0.25, -0.2) is 0 Å². The van der Waals surface area contributed by atoms with Gasteiger partial charge in [0.05, 0.1) is 19.6 Å². The zero-order valence-corrected chi connectivity index (χ0v) is 10.3. The molecule has 1 heterocycles. The largest absolute Gasteiger partial charge is 0.469 e. The smallest absolute Gasteiger partial charge is 0.310 e. The first-order chi connectivity index (χ1) is 8.79. The zero-order valence-electron chi connectivity index (χ0n) is 10.3. The van der Waals surface area contributed by atoms with Crippen LogP contribution in [0.5, 0.6) is 0 Å². The Morgan fingerprint density at radius 1 is 1.33 bits per heavy atom. The summed E-state index contributed by atoms with van der Waals surface area (Å²) in [6.45, 7) is 0.536. The van der Waals surface area contributed by atoms with E-state index in [0.717, 1.165) is 5.56 Å². The number of hydrogen-bond acceptors (Lipinski definition) is 3. The predicted octanol–water partition coefficient (Wildman–Crippen LogP) is 1.91. The van der Waals surface area contributed by atoms with Crippen LogP contribution < -0.4 is 0 Å². The zero-order chi connectivity index (χ0) is 12.8. The first-order valence-corrected chi connectivity index (χ1v) is 5.89. The monoisotopic (exact) mass is 244 g/mol. The molecule has 0 spiro atoms. The molecule has 18 heavy (non-hydrogen) atoms. The summed E-state index contributed by atoms with van der Waals surface area (Å²) in [4.78, 5) is 11.8. The van der Waals surface area contributed by atoms with Crippen LogP contribution in [0.4, 0.5) is 0 Å². The summed E-state index contributed by atoms with van der Waals surface area (Å²) in [5.74, 6) is -0.411. The van der Waals surface area contributed by atoms with Gasteiger partial charge in [0, 0.05) is 12.4 Å². The molecular formula is C14H16N2O2. The number of carbonyl (C=O) groups is 1. The molecule has 0 saturated carbocycles. The number of nitrogens with zero attached hydrogens (tertiary/aromatic N) is 2. The van der Waals surface area contributed by atoms with E-state index < -0.39 is 0 Å². The van der Waals surface area contributed by atoms with Crippen LogP contribution in [0.25, 0.3) is 0 Å². The number of ether oxygens (including phenoxy) is 1. The number of methoxy groups -OCH3 is 1. The average Bonchev–Trinajstić information content (AvgIpc) is 2.91. The molecule has 1 aromatic carbocycles. The predicted molar refractivity (Wildman–Crippen MR) is 67.9 cm³/mol. The van der Waals surface area contributed by atoms with E-state index in [2.05, 4.69) is 5.10 Å². The Bertz CT molecular complexity index is 480. The quantitative estimate of drug-likeness (QED) is 0.755. The molecule has 2 rings (SSSR count). The third kappa shape index (κ3) is 3.20. The molecule has 0 aliphatic carbocycles. The van der Waals surface area contributed by atoms with Gasteiger partial charge < -0.3 is 4.74 Å². The molecule has 0 aliphatic rings. The van der Waals surface area contributed by atoms with Crippen LogP contribution in [0.3, 0.4) is 0 Å². The van der Waals surface area contributed by atoms with E-state index >= 15 is 0 Å². The molecule has 94 valence electrons. The third-order valence-corrected chi connectivity index (χ3v) is 2.83. The molecule has 0 radical (unpaired) electrons. The van der Waals surface area contributed by atoms with Gasteiger partial charge in [-0.15, -0.1) is 0 Å². The van der Waals surface area contributed by atoms with Crippen LogP contribution in [-0.2, 0) is 22.5 Å². The van der Waals surface area contributed by atoms with Crippen LogP contribution in [0.2, 0.25) is 0 Å². The van der Waals surface area contributed by atoms with Gasteiger partial charge in [0.1, 0.15) is 0 Å². The summed E-state index contributed by atoms with van der Waals surface area (Å²) in [6.07, 6.45) is 4.21. The van der Waals surface area contributed by atoms with E-state index in [9.17, 15) is 4.79 Å². The van der Waals surface area contributed by atoms with E-state index in [4.69, 9.17) is 4.74 Å². The summed E-state index contributed by atoms with van der Waals surface area (Å²) in [5, 5.41) is 4.12. The molecule has 1 atom stereocenters. The molecule has 2 aromatic rings. The molecule has 0 bridgehead atoms. The summed E-state index contributed by atoms with van der Waals surface area (Å²) >= 11 is 0. The molecule has 0 fully saturated rings. The molecule has 1 aromatic heterocycles. The maximum atomic E-state index is 11.8. The Balaban J connectivity index is 2.08. The maximum Gasteiger partial charge on any atom is 0.310 e. The van der Waals surface area contributed by atoms with Gasteiger partial charge in [-0.1, -0.05) is 30.3 Å². The number of esters is 1. The van der Waals surface area contributed by atoms with Crippen molar-refractivity contribution < 1.29 is 9.53 Å². The Kier molecular flexibility index (Phi) is 4.12. The Labute approximate surface area is 106 Å². The van der Waals surface area contributed by atoms with Crippen molar-refractivity contribution in [1.29, 1.82) is 0 Å². The first-order valence-electron chi connectivity index (χ1n) is 5.89. The second-order valence-corrected chi connectivity index (χ2v) is 4.14. The molecule has 0 amide bonds. The molecule has 0 aliphatic heterocycles. The van der Waals surface area contributed by atoms with Crippen molar-refractivity contribution in [2.24, 2.45) is 5.92 Å². The van der Waals surface area contributed by atoms with E-state index in [1.54, 1.807) is 10.9 Å². The van der Waals surface area contributed by atoms with Gasteiger partial charge in [0.25, 0.3) is 0 Å². The highest BCUT2D eigenvalue weighted by molar-refractivity contribution is 5.72. The van der Waals surface area contributed by atoms with Gasteiger partial charge in [-0.3, -0.25) is 9.48 Å². The minimum atomic E-state index is -0.211. The van der Waals surface area contributed by atoms with Crippen LogP contribution in [0, 0.1) is 5.92 Å². The van der Waals surface area contributed by atoms with Crippen LogP contribution >= 0.6 is 0 Å². The second kappa shape index (κ2) is 6.00. The molecule has 4 heteroatoms. The summed E-state index contributed by atoms with van der Waals surface area (Å²) < 4.78 is 6.61. The Morgan fingerprint density at radius 3 is 2.72 bits per heavy atom. The van der Waals surface area contributed by atoms with Gasteiger partial charge >= 0.3 is 5.97 Å². The van der Waals surface area contributed by atoms with Gasteiger partial charge in [-0.2, -0.15) is 5.10 Å². The van der Waals surface area contributed by atoms with Crippen molar-refractivity contribution in [2.75, 3.05) is 7.11 Å². The van der Waals surface area contributed by atoms with Crippen molar-refractivity contribution >= 4 is 5.97 Å². The maximum absolute atomic E-state index is 11.8. The van der Waals surface area contributed by atoms with Gasteiger partial charge in [0.15, 0.2) is 0 Å². The number of carbonyl (C=O) groups excluding carboxylic acids is 1. The van der Waals surface area contributed by atoms with Crippen LogP contribution in [0.15, 0.2) is 48.8 Å². The fraction of sp³-hybridized carbons (Fsp3) is 0.286. The van der Waals surface area contributed by atoms with E-state index in [1.165, 1.54) is 7.11 Å². The van der Waals surface area contributed by atoms with Crippen LogP contribution in [-0.4, -0.2) is 22.9 Å². The first kappa shape index (κ1) is 12.4. The minimum Gasteiger partial charge on any atom is -0.469 e. The number of hydrogen-bond donors (Lipinski definition) is 0.